The molecule has 20 heavy (non-hydrogen) atoms. The maximum Gasteiger partial charge on any atom is 0.322 e. The predicted octanol–water partition coefficient (Wildman–Crippen LogP) is -0.615. The van der Waals surface area contributed by atoms with Crippen molar-refractivity contribution in [3.8, 4) is 17.8 Å². The van der Waals surface area contributed by atoms with Crippen LogP contribution < -0.4 is 25.0 Å². The van der Waals surface area contributed by atoms with Gasteiger partial charge in [0.15, 0.2) is 0 Å². The third-order valence-corrected chi connectivity index (χ3v) is 2.46. The van der Waals surface area contributed by atoms with Crippen molar-refractivity contribution >= 4 is 12.2 Å². The van der Waals surface area contributed by atoms with Gasteiger partial charge in [0.2, 0.25) is 17.7 Å². The molecule has 2 rings (SSSR count). The molecule has 2 N–H and O–H groups in total. The number of aliphatic imine (C=N–C) groups is 1. The molecule has 9 heteroatoms. The number of hydrogen-bond donors (Lipinski definition) is 2. The van der Waals surface area contributed by atoms with E-state index in [-0.39, 0.29) is 6.01 Å². The second-order valence-electron chi connectivity index (χ2n) is 3.67. The van der Waals surface area contributed by atoms with Gasteiger partial charge >= 0.3 is 6.01 Å². The van der Waals surface area contributed by atoms with E-state index in [1.165, 1.54) is 27.5 Å². The van der Waals surface area contributed by atoms with Crippen LogP contribution in [0.4, 0.5) is 0 Å². The highest BCUT2D eigenvalue weighted by Gasteiger charge is 2.15. The zero-order valence-corrected chi connectivity index (χ0v) is 11.5. The topological polar surface area (TPSA) is 102 Å². The van der Waals surface area contributed by atoms with Crippen LogP contribution in [0.1, 0.15) is 5.56 Å². The molecule has 1 aromatic heterocycles. The van der Waals surface area contributed by atoms with E-state index in [1.54, 1.807) is 0 Å². The second kappa shape index (κ2) is 6.55. The van der Waals surface area contributed by atoms with Gasteiger partial charge in [0, 0.05) is 6.54 Å². The molecule has 0 bridgehead atoms. The smallest absolute Gasteiger partial charge is 0.322 e. The first-order chi connectivity index (χ1) is 9.78. The summed E-state index contributed by atoms with van der Waals surface area (Å²) in [7, 11) is 4.45. The highest BCUT2D eigenvalue weighted by atomic mass is 16.5. The number of nitrogens with one attached hydrogen (secondary N) is 2. The van der Waals surface area contributed by atoms with E-state index in [4.69, 9.17) is 14.2 Å². The number of hydrogen-bond acceptors (Lipinski definition) is 9. The summed E-state index contributed by atoms with van der Waals surface area (Å²) < 4.78 is 15.3. The average Bonchev–Trinajstić information content (AvgIpc) is 3.00. The van der Waals surface area contributed by atoms with Crippen molar-refractivity contribution in [2.75, 3.05) is 34.4 Å². The van der Waals surface area contributed by atoms with Gasteiger partial charge in [-0.1, -0.05) is 0 Å². The molecule has 0 unspecified atom stereocenters. The molecule has 0 spiro atoms. The molecule has 0 atom stereocenters. The van der Waals surface area contributed by atoms with E-state index < -0.39 is 0 Å². The van der Waals surface area contributed by atoms with Crippen molar-refractivity contribution < 1.29 is 14.2 Å². The molecule has 0 aromatic carbocycles. The van der Waals surface area contributed by atoms with Crippen LogP contribution in [0.5, 0.6) is 17.8 Å². The average molecular weight is 280 g/mol. The van der Waals surface area contributed by atoms with Gasteiger partial charge in [-0.2, -0.15) is 15.1 Å². The fourth-order valence-corrected chi connectivity index (χ4v) is 1.55. The number of methoxy groups -OCH3 is 3. The monoisotopic (exact) mass is 280 g/mol. The molecule has 0 saturated carbocycles. The van der Waals surface area contributed by atoms with E-state index in [0.29, 0.717) is 23.3 Å². The van der Waals surface area contributed by atoms with Gasteiger partial charge in [0.25, 0.3) is 0 Å². The van der Waals surface area contributed by atoms with Crippen molar-refractivity contribution in [1.82, 2.24) is 20.7 Å². The van der Waals surface area contributed by atoms with E-state index >= 15 is 0 Å². The lowest BCUT2D eigenvalue weighted by atomic mass is 10.3. The molecule has 0 radical (unpaired) electrons. The first-order valence-electron chi connectivity index (χ1n) is 5.90. The summed E-state index contributed by atoms with van der Waals surface area (Å²) in [6.45, 7) is 1.53. The van der Waals surface area contributed by atoms with Crippen molar-refractivity contribution in [3.05, 3.63) is 5.56 Å². The molecular formula is C11H16N6O3. The van der Waals surface area contributed by atoms with Crippen LogP contribution in [-0.2, 0) is 0 Å². The molecule has 0 fully saturated rings. The summed E-state index contributed by atoms with van der Waals surface area (Å²) in [6.07, 6.45) is 1.50. The van der Waals surface area contributed by atoms with Crippen molar-refractivity contribution in [2.24, 2.45) is 10.1 Å². The predicted molar refractivity (Wildman–Crippen MR) is 72.7 cm³/mol. The largest absolute Gasteiger partial charge is 0.480 e. The Balaban J connectivity index is 2.22. The molecule has 0 amide bonds. The van der Waals surface area contributed by atoms with Crippen LogP contribution >= 0.6 is 0 Å². The molecule has 1 aliphatic heterocycles. The molecular weight excluding hydrogens is 264 g/mol. The normalized spacial score (nSPS) is 13.8. The molecule has 0 saturated heterocycles. The van der Waals surface area contributed by atoms with Crippen molar-refractivity contribution in [3.63, 3.8) is 0 Å². The number of nitrogens with zero attached hydrogens (tertiary/aromatic N) is 4. The number of rotatable bonds is 5. The van der Waals surface area contributed by atoms with Crippen LogP contribution in [-0.4, -0.2) is 56.6 Å². The Morgan fingerprint density at radius 3 is 2.35 bits per heavy atom. The van der Waals surface area contributed by atoms with E-state index in [2.05, 4.69) is 30.8 Å². The lowest BCUT2D eigenvalue weighted by Crippen LogP contribution is -2.30. The zero-order chi connectivity index (χ0) is 14.4. The summed E-state index contributed by atoms with van der Waals surface area (Å²) in [6, 6.07) is 0.158. The van der Waals surface area contributed by atoms with Gasteiger partial charge in [-0.05, 0) is 0 Å². The Kier molecular flexibility index (Phi) is 4.53. The van der Waals surface area contributed by atoms with Crippen molar-refractivity contribution in [1.29, 1.82) is 0 Å². The van der Waals surface area contributed by atoms with E-state index in [9.17, 15) is 0 Å². The number of ether oxygens (including phenoxy) is 3. The summed E-state index contributed by atoms with van der Waals surface area (Å²) in [5.41, 5.74) is 3.27. The molecule has 1 aliphatic rings. The maximum atomic E-state index is 5.18. The summed E-state index contributed by atoms with van der Waals surface area (Å²) in [5, 5.41) is 7.08. The Morgan fingerprint density at radius 2 is 1.85 bits per heavy atom. The third-order valence-electron chi connectivity index (χ3n) is 2.46. The van der Waals surface area contributed by atoms with Gasteiger partial charge in [-0.3, -0.25) is 0 Å². The van der Waals surface area contributed by atoms with Crippen LogP contribution in [0, 0.1) is 0 Å². The Morgan fingerprint density at radius 1 is 1.15 bits per heavy atom. The van der Waals surface area contributed by atoms with Crippen LogP contribution in [0.15, 0.2) is 10.1 Å². The van der Waals surface area contributed by atoms with Crippen LogP contribution in [0.25, 0.3) is 0 Å². The number of aromatic nitrogens is 2. The molecule has 2 heterocycles. The fraction of sp³-hybridized carbons (Fsp3) is 0.455. The Hall–Kier alpha value is -2.58. The van der Waals surface area contributed by atoms with Gasteiger partial charge in [-0.15, -0.1) is 0 Å². The third kappa shape index (κ3) is 3.05. The van der Waals surface area contributed by atoms with E-state index in [1.807, 2.05) is 0 Å². The van der Waals surface area contributed by atoms with E-state index in [0.717, 1.165) is 13.1 Å². The first-order valence-corrected chi connectivity index (χ1v) is 5.90. The van der Waals surface area contributed by atoms with Gasteiger partial charge in [-0.25, -0.2) is 10.4 Å². The van der Waals surface area contributed by atoms with Gasteiger partial charge < -0.3 is 19.5 Å². The molecule has 108 valence electrons. The zero-order valence-electron chi connectivity index (χ0n) is 11.5. The lowest BCUT2D eigenvalue weighted by Gasteiger charge is -2.09. The highest BCUT2D eigenvalue weighted by molar-refractivity contribution is 5.88. The number of hydrazone groups is 1. The lowest BCUT2D eigenvalue weighted by molar-refractivity contribution is 0.328. The number of guanidine groups is 1. The maximum absolute atomic E-state index is 5.18. The highest BCUT2D eigenvalue weighted by Crippen LogP contribution is 2.25. The Bertz CT molecular complexity index is 506. The van der Waals surface area contributed by atoms with Crippen LogP contribution in [0.3, 0.4) is 0 Å². The van der Waals surface area contributed by atoms with Gasteiger partial charge in [0.05, 0.1) is 34.1 Å². The second-order valence-corrected chi connectivity index (χ2v) is 3.67. The fourth-order valence-electron chi connectivity index (χ4n) is 1.55. The Labute approximate surface area is 116 Å². The minimum absolute atomic E-state index is 0.158. The van der Waals surface area contributed by atoms with Crippen LogP contribution in [0.2, 0.25) is 0 Å². The summed E-state index contributed by atoms with van der Waals surface area (Å²) >= 11 is 0. The molecule has 0 aliphatic carbocycles. The molecule has 9 nitrogen and oxygen atoms in total. The summed E-state index contributed by atoms with van der Waals surface area (Å²) in [5.74, 6) is 1.23. The minimum atomic E-state index is 0.158. The minimum Gasteiger partial charge on any atom is -0.480 e. The van der Waals surface area contributed by atoms with Crippen molar-refractivity contribution in [2.45, 2.75) is 0 Å². The first kappa shape index (κ1) is 13.8. The standard InChI is InChI=1S/C11H16N6O3/c1-18-8-7(6-14-17-10-12-4-5-13-10)9(19-2)16-11(15-8)20-3/h6H,4-5H2,1-3H3,(H2,12,13,17)/b14-6-. The summed E-state index contributed by atoms with van der Waals surface area (Å²) in [4.78, 5) is 12.3. The quantitative estimate of drug-likeness (QED) is 0.547. The molecule has 1 aromatic rings. The van der Waals surface area contributed by atoms with Gasteiger partial charge in [0.1, 0.15) is 5.56 Å². The SMILES string of the molecule is COc1nc(OC)c(/C=N\NC2=NCCN2)c(OC)n1.